The van der Waals surface area contributed by atoms with Gasteiger partial charge in [0, 0.05) is 6.42 Å². The maximum atomic E-state index is 12.3. The van der Waals surface area contributed by atoms with E-state index in [4.69, 9.17) is 4.74 Å². The van der Waals surface area contributed by atoms with Crippen LogP contribution in [0.5, 0.6) is 0 Å². The Balaban J connectivity index is 1.70. The molecule has 4 nitrogen and oxygen atoms in total. The van der Waals surface area contributed by atoms with Gasteiger partial charge in [-0.05, 0) is 16.7 Å². The van der Waals surface area contributed by atoms with Crippen molar-refractivity contribution in [2.75, 3.05) is 0 Å². The summed E-state index contributed by atoms with van der Waals surface area (Å²) in [5.74, 6) is 0. The molecule has 4 heteroatoms. The molecular weight excluding hydrogens is 278 g/mol. The summed E-state index contributed by atoms with van der Waals surface area (Å²) in [5, 5.41) is 0. The molecule has 1 aliphatic rings. The maximum absolute atomic E-state index is 12.3. The third kappa shape index (κ3) is 3.01. The van der Waals surface area contributed by atoms with E-state index in [0.717, 1.165) is 23.0 Å². The SMILES string of the molecule is O=C[C@@H]1Cc2ccccc2CN1C(=O)OCc1ccccc1. The number of fused-ring (bicyclic) bond motifs is 1. The molecule has 22 heavy (non-hydrogen) atoms. The highest BCUT2D eigenvalue weighted by Crippen LogP contribution is 2.23. The number of ether oxygens (including phenoxy) is 1. The summed E-state index contributed by atoms with van der Waals surface area (Å²) in [6, 6.07) is 16.9. The van der Waals surface area contributed by atoms with Crippen LogP contribution in [-0.4, -0.2) is 23.3 Å². The Morgan fingerprint density at radius 3 is 2.50 bits per heavy atom. The Morgan fingerprint density at radius 1 is 1.09 bits per heavy atom. The number of hydrogen-bond acceptors (Lipinski definition) is 3. The molecule has 1 aliphatic heterocycles. The van der Waals surface area contributed by atoms with Crippen molar-refractivity contribution < 1.29 is 14.3 Å². The first kappa shape index (κ1) is 14.3. The molecular formula is C18H17NO3. The normalized spacial score (nSPS) is 16.7. The van der Waals surface area contributed by atoms with E-state index in [1.807, 2.05) is 54.6 Å². The fourth-order valence-electron chi connectivity index (χ4n) is 2.67. The van der Waals surface area contributed by atoms with Crippen molar-refractivity contribution in [1.82, 2.24) is 4.90 Å². The molecule has 2 aromatic carbocycles. The van der Waals surface area contributed by atoms with Crippen molar-refractivity contribution in [2.24, 2.45) is 0 Å². The molecule has 1 amide bonds. The van der Waals surface area contributed by atoms with Crippen molar-refractivity contribution in [3.05, 3.63) is 71.3 Å². The molecule has 112 valence electrons. The van der Waals surface area contributed by atoms with Gasteiger partial charge in [-0.25, -0.2) is 4.79 Å². The third-order valence-corrected chi connectivity index (χ3v) is 3.89. The Bertz CT molecular complexity index is 669. The second-order valence-electron chi connectivity index (χ2n) is 5.34. The molecule has 2 aromatic rings. The second kappa shape index (κ2) is 6.43. The summed E-state index contributed by atoms with van der Waals surface area (Å²) < 4.78 is 5.34. The van der Waals surface area contributed by atoms with E-state index in [-0.39, 0.29) is 6.61 Å². The van der Waals surface area contributed by atoms with Crippen molar-refractivity contribution >= 4 is 12.4 Å². The van der Waals surface area contributed by atoms with Gasteiger partial charge < -0.3 is 9.53 Å². The highest BCUT2D eigenvalue weighted by Gasteiger charge is 2.30. The number of nitrogens with zero attached hydrogens (tertiary/aromatic N) is 1. The van der Waals surface area contributed by atoms with Crippen molar-refractivity contribution in [3.63, 3.8) is 0 Å². The first-order chi connectivity index (χ1) is 10.8. The lowest BCUT2D eigenvalue weighted by atomic mass is 9.95. The van der Waals surface area contributed by atoms with Crippen LogP contribution in [0.15, 0.2) is 54.6 Å². The van der Waals surface area contributed by atoms with Crippen molar-refractivity contribution in [1.29, 1.82) is 0 Å². The summed E-state index contributed by atoms with van der Waals surface area (Å²) in [5.41, 5.74) is 3.11. The average molecular weight is 295 g/mol. The number of aldehydes is 1. The molecule has 0 aliphatic carbocycles. The summed E-state index contributed by atoms with van der Waals surface area (Å²) in [6.45, 7) is 0.622. The van der Waals surface area contributed by atoms with E-state index in [1.165, 1.54) is 4.90 Å². The Hall–Kier alpha value is -2.62. The molecule has 0 N–H and O–H groups in total. The molecule has 1 heterocycles. The largest absolute Gasteiger partial charge is 0.445 e. The van der Waals surface area contributed by atoms with Crippen LogP contribution in [-0.2, 0) is 29.1 Å². The van der Waals surface area contributed by atoms with E-state index < -0.39 is 12.1 Å². The first-order valence-electron chi connectivity index (χ1n) is 7.27. The van der Waals surface area contributed by atoms with E-state index in [9.17, 15) is 9.59 Å². The van der Waals surface area contributed by atoms with Gasteiger partial charge >= 0.3 is 6.09 Å². The van der Waals surface area contributed by atoms with Crippen LogP contribution in [0.3, 0.4) is 0 Å². The zero-order chi connectivity index (χ0) is 15.4. The average Bonchev–Trinajstić information content (AvgIpc) is 2.59. The highest BCUT2D eigenvalue weighted by atomic mass is 16.6. The summed E-state index contributed by atoms with van der Waals surface area (Å²) in [4.78, 5) is 25.1. The predicted molar refractivity (Wildman–Crippen MR) is 82.2 cm³/mol. The third-order valence-electron chi connectivity index (χ3n) is 3.89. The van der Waals surface area contributed by atoms with Gasteiger partial charge in [-0.3, -0.25) is 4.90 Å². The van der Waals surface area contributed by atoms with Gasteiger partial charge in [-0.15, -0.1) is 0 Å². The van der Waals surface area contributed by atoms with Gasteiger partial charge in [0.1, 0.15) is 12.9 Å². The zero-order valence-corrected chi connectivity index (χ0v) is 12.1. The standard InChI is InChI=1S/C18H17NO3/c20-12-17-10-15-8-4-5-9-16(15)11-19(17)18(21)22-13-14-6-2-1-3-7-14/h1-9,12,17H,10-11,13H2/t17-/m0/s1. The van der Waals surface area contributed by atoms with Gasteiger partial charge in [0.2, 0.25) is 0 Å². The second-order valence-corrected chi connectivity index (χ2v) is 5.34. The van der Waals surface area contributed by atoms with Crippen LogP contribution in [0.2, 0.25) is 0 Å². The predicted octanol–water partition coefficient (Wildman–Crippen LogP) is 2.95. The summed E-state index contributed by atoms with van der Waals surface area (Å²) in [7, 11) is 0. The molecule has 0 radical (unpaired) electrons. The molecule has 3 rings (SSSR count). The van der Waals surface area contributed by atoms with Crippen LogP contribution < -0.4 is 0 Å². The topological polar surface area (TPSA) is 46.6 Å². The number of amides is 1. The van der Waals surface area contributed by atoms with E-state index in [0.29, 0.717) is 13.0 Å². The molecule has 0 spiro atoms. The number of benzene rings is 2. The van der Waals surface area contributed by atoms with Gasteiger partial charge in [0.05, 0.1) is 12.6 Å². The van der Waals surface area contributed by atoms with Crippen LogP contribution in [0.25, 0.3) is 0 Å². The fourth-order valence-corrected chi connectivity index (χ4v) is 2.67. The van der Waals surface area contributed by atoms with E-state index >= 15 is 0 Å². The first-order valence-corrected chi connectivity index (χ1v) is 7.27. The van der Waals surface area contributed by atoms with Gasteiger partial charge in [0.15, 0.2) is 0 Å². The number of carbonyl (C=O) groups excluding carboxylic acids is 2. The lowest BCUT2D eigenvalue weighted by Gasteiger charge is -2.33. The lowest BCUT2D eigenvalue weighted by molar-refractivity contribution is -0.112. The zero-order valence-electron chi connectivity index (χ0n) is 12.1. The molecule has 0 unspecified atom stereocenters. The number of rotatable bonds is 3. The summed E-state index contributed by atoms with van der Waals surface area (Å²) >= 11 is 0. The lowest BCUT2D eigenvalue weighted by Crippen LogP contribution is -2.45. The number of hydrogen-bond donors (Lipinski definition) is 0. The molecule has 0 saturated heterocycles. The maximum Gasteiger partial charge on any atom is 0.411 e. The van der Waals surface area contributed by atoms with Gasteiger partial charge in [-0.1, -0.05) is 54.6 Å². The number of carbonyl (C=O) groups is 2. The van der Waals surface area contributed by atoms with Crippen molar-refractivity contribution in [3.8, 4) is 0 Å². The molecule has 1 atom stereocenters. The van der Waals surface area contributed by atoms with Gasteiger partial charge in [0.25, 0.3) is 0 Å². The minimum atomic E-state index is -0.460. The van der Waals surface area contributed by atoms with Gasteiger partial charge in [-0.2, -0.15) is 0 Å². The van der Waals surface area contributed by atoms with Crippen molar-refractivity contribution in [2.45, 2.75) is 25.6 Å². The highest BCUT2D eigenvalue weighted by molar-refractivity contribution is 5.74. The van der Waals surface area contributed by atoms with E-state index in [1.54, 1.807) is 0 Å². The Kier molecular flexibility index (Phi) is 4.19. The van der Waals surface area contributed by atoms with Crippen LogP contribution in [0, 0.1) is 0 Å². The van der Waals surface area contributed by atoms with Crippen LogP contribution >= 0.6 is 0 Å². The van der Waals surface area contributed by atoms with Crippen LogP contribution in [0.4, 0.5) is 4.79 Å². The quantitative estimate of drug-likeness (QED) is 0.818. The smallest absolute Gasteiger partial charge is 0.411 e. The summed E-state index contributed by atoms with van der Waals surface area (Å²) in [6.07, 6.45) is 0.912. The molecule has 0 fully saturated rings. The molecule has 0 saturated carbocycles. The molecule has 0 aromatic heterocycles. The molecule has 0 bridgehead atoms. The van der Waals surface area contributed by atoms with E-state index in [2.05, 4.69) is 0 Å². The monoisotopic (exact) mass is 295 g/mol. The minimum Gasteiger partial charge on any atom is -0.445 e. The minimum absolute atomic E-state index is 0.212. The Labute approximate surface area is 129 Å². The Morgan fingerprint density at radius 2 is 1.77 bits per heavy atom. The fraction of sp³-hybridized carbons (Fsp3) is 0.222. The van der Waals surface area contributed by atoms with Crippen LogP contribution in [0.1, 0.15) is 16.7 Å².